The zero-order valence-corrected chi connectivity index (χ0v) is 10.4. The third-order valence-electron chi connectivity index (χ3n) is 3.39. The molecule has 0 aromatic rings. The van der Waals surface area contributed by atoms with Crippen molar-refractivity contribution in [3.8, 4) is 0 Å². The van der Waals surface area contributed by atoms with Gasteiger partial charge in [0.2, 0.25) is 0 Å². The van der Waals surface area contributed by atoms with Crippen LogP contribution >= 0.6 is 0 Å². The van der Waals surface area contributed by atoms with Gasteiger partial charge in [0.1, 0.15) is 6.10 Å². The van der Waals surface area contributed by atoms with Crippen molar-refractivity contribution in [1.29, 1.82) is 0 Å². The Morgan fingerprint density at radius 1 is 1.14 bits per heavy atom. The molecule has 0 saturated carbocycles. The van der Waals surface area contributed by atoms with Gasteiger partial charge in [-0.3, -0.25) is 4.79 Å². The predicted octanol–water partition coefficient (Wildman–Crippen LogP) is 2.06. The first kappa shape index (κ1) is 16.3. The summed E-state index contributed by atoms with van der Waals surface area (Å²) in [5.74, 6) is -7.06. The van der Waals surface area contributed by atoms with Crippen LogP contribution in [0.15, 0.2) is 0 Å². The van der Waals surface area contributed by atoms with Crippen LogP contribution in [0.25, 0.3) is 0 Å². The summed E-state index contributed by atoms with van der Waals surface area (Å²) in [5.41, 5.74) is 0. The normalized spacial score (nSPS) is 35.8. The highest BCUT2D eigenvalue weighted by Crippen LogP contribution is 2.55. The first-order valence-electron chi connectivity index (χ1n) is 5.75. The number of carboxylic acids is 1. The van der Waals surface area contributed by atoms with Gasteiger partial charge in [-0.25, -0.2) is 0 Å². The Bertz CT molecular complexity index is 419. The lowest BCUT2D eigenvalue weighted by atomic mass is 9.99. The maximum absolute atomic E-state index is 12.7. The van der Waals surface area contributed by atoms with E-state index < -0.39 is 54.9 Å². The molecule has 2 aliphatic rings. The van der Waals surface area contributed by atoms with Gasteiger partial charge in [0.05, 0.1) is 12.5 Å². The van der Waals surface area contributed by atoms with E-state index in [4.69, 9.17) is 9.84 Å². The second-order valence-electron chi connectivity index (χ2n) is 4.81. The van der Waals surface area contributed by atoms with E-state index in [1.165, 1.54) is 6.92 Å². The molecule has 5 nitrogen and oxygen atoms in total. The van der Waals surface area contributed by atoms with Gasteiger partial charge in [-0.15, -0.1) is 0 Å². The largest absolute Gasteiger partial charge is 0.481 e. The second kappa shape index (κ2) is 4.71. The predicted molar refractivity (Wildman–Crippen MR) is 50.9 cm³/mol. The van der Waals surface area contributed by atoms with Crippen molar-refractivity contribution < 1.29 is 50.5 Å². The number of aliphatic carboxylic acids is 1. The minimum Gasteiger partial charge on any atom is -0.481 e. The maximum atomic E-state index is 12.7. The van der Waals surface area contributed by atoms with Crippen LogP contribution in [0.5, 0.6) is 0 Å². The highest BCUT2D eigenvalue weighted by Gasteiger charge is 2.80. The van der Waals surface area contributed by atoms with Crippen molar-refractivity contribution in [1.82, 2.24) is 0 Å². The number of carbonyl (C=O) groups is 1. The molecule has 21 heavy (non-hydrogen) atoms. The fraction of sp³-hybridized carbons (Fsp3) is 0.900. The van der Waals surface area contributed by atoms with Gasteiger partial charge in [0.15, 0.2) is 6.29 Å². The zero-order chi connectivity index (χ0) is 16.2. The summed E-state index contributed by atoms with van der Waals surface area (Å²) in [4.78, 5) is 10.5. The maximum Gasteiger partial charge on any atom is 0.453 e. The van der Waals surface area contributed by atoms with Gasteiger partial charge in [-0.05, 0) is 0 Å². The monoisotopic (exact) mass is 324 g/mol. The number of halogens is 6. The number of fused-ring (bicyclic) bond motifs is 1. The molecule has 2 saturated heterocycles. The molecule has 11 heteroatoms. The molecule has 0 aliphatic carbocycles. The Labute approximate surface area is 113 Å². The fourth-order valence-corrected chi connectivity index (χ4v) is 2.31. The van der Waals surface area contributed by atoms with Crippen molar-refractivity contribution in [2.45, 2.75) is 50.0 Å². The van der Waals surface area contributed by atoms with Crippen molar-refractivity contribution in [3.05, 3.63) is 0 Å². The van der Waals surface area contributed by atoms with Crippen LogP contribution in [0.1, 0.15) is 13.3 Å². The molecule has 0 aromatic heterocycles. The van der Waals surface area contributed by atoms with E-state index in [1.807, 2.05) is 0 Å². The molecule has 0 bridgehead atoms. The van der Waals surface area contributed by atoms with Crippen molar-refractivity contribution in [2.24, 2.45) is 5.92 Å². The quantitative estimate of drug-likeness (QED) is 0.788. The van der Waals surface area contributed by atoms with Crippen LogP contribution in [0, 0.1) is 5.92 Å². The lowest BCUT2D eigenvalue weighted by Crippen LogP contribution is -2.59. The highest BCUT2D eigenvalue weighted by atomic mass is 19.4. The number of rotatable bonds is 2. The summed E-state index contributed by atoms with van der Waals surface area (Å²) in [7, 11) is 0. The molecule has 2 rings (SSSR count). The summed E-state index contributed by atoms with van der Waals surface area (Å²) >= 11 is 0. The lowest BCUT2D eigenvalue weighted by molar-refractivity contribution is -0.455. The average molecular weight is 324 g/mol. The van der Waals surface area contributed by atoms with E-state index in [-0.39, 0.29) is 0 Å². The Balaban J connectivity index is 2.24. The minimum absolute atomic E-state index is 0.577. The Morgan fingerprint density at radius 2 is 1.67 bits per heavy atom. The van der Waals surface area contributed by atoms with E-state index in [0.29, 0.717) is 0 Å². The molecule has 4 atom stereocenters. The average Bonchev–Trinajstić information content (AvgIpc) is 2.76. The Kier molecular flexibility index (Phi) is 3.66. The van der Waals surface area contributed by atoms with Crippen LogP contribution in [0.2, 0.25) is 0 Å². The smallest absolute Gasteiger partial charge is 0.453 e. The van der Waals surface area contributed by atoms with Crippen molar-refractivity contribution >= 4 is 5.97 Å². The van der Waals surface area contributed by atoms with Gasteiger partial charge in [-0.2, -0.15) is 26.3 Å². The highest BCUT2D eigenvalue weighted by molar-refractivity contribution is 5.67. The number of ether oxygens (including phenoxy) is 3. The van der Waals surface area contributed by atoms with Crippen LogP contribution in [0.4, 0.5) is 26.3 Å². The molecule has 0 aromatic carbocycles. The van der Waals surface area contributed by atoms with E-state index in [9.17, 15) is 31.1 Å². The fourth-order valence-electron chi connectivity index (χ4n) is 2.31. The SMILES string of the molecule is CC1C(CC(=O)O)OC2OC(C(F)(F)F)(C(F)(F)F)OC21. The van der Waals surface area contributed by atoms with Gasteiger partial charge in [-0.1, -0.05) is 6.92 Å². The van der Waals surface area contributed by atoms with Crippen molar-refractivity contribution in [3.63, 3.8) is 0 Å². The Hall–Kier alpha value is -1.07. The van der Waals surface area contributed by atoms with Gasteiger partial charge in [0.25, 0.3) is 0 Å². The van der Waals surface area contributed by atoms with Gasteiger partial charge < -0.3 is 19.3 Å². The third kappa shape index (κ3) is 2.46. The molecule has 0 amide bonds. The molecule has 4 unspecified atom stereocenters. The van der Waals surface area contributed by atoms with Gasteiger partial charge >= 0.3 is 24.1 Å². The van der Waals surface area contributed by atoms with Crippen molar-refractivity contribution in [2.75, 3.05) is 0 Å². The summed E-state index contributed by atoms with van der Waals surface area (Å²) in [5, 5.41) is 8.59. The number of hydrogen-bond donors (Lipinski definition) is 1. The summed E-state index contributed by atoms with van der Waals surface area (Å²) < 4.78 is 89.4. The lowest BCUT2D eigenvalue weighted by Gasteiger charge is -2.33. The number of alkyl halides is 6. The molecular formula is C10H10F6O5. The summed E-state index contributed by atoms with van der Waals surface area (Å²) in [6, 6.07) is 0. The molecule has 0 radical (unpaired) electrons. The van der Waals surface area contributed by atoms with E-state index >= 15 is 0 Å². The topological polar surface area (TPSA) is 65.0 Å². The molecule has 2 heterocycles. The van der Waals surface area contributed by atoms with E-state index in [0.717, 1.165) is 0 Å². The molecule has 122 valence electrons. The molecule has 0 spiro atoms. The zero-order valence-electron chi connectivity index (χ0n) is 10.4. The second-order valence-corrected chi connectivity index (χ2v) is 4.81. The summed E-state index contributed by atoms with van der Waals surface area (Å²) in [6.07, 6.45) is -16.9. The van der Waals surface area contributed by atoms with Gasteiger partial charge in [0, 0.05) is 5.92 Å². The Morgan fingerprint density at radius 3 is 2.05 bits per heavy atom. The minimum atomic E-state index is -5.85. The number of carboxylic acid groups (broad SMARTS) is 1. The molecule has 2 aliphatic heterocycles. The van der Waals surface area contributed by atoms with Crippen LogP contribution in [-0.2, 0) is 19.0 Å². The van der Waals surface area contributed by atoms with Crippen LogP contribution in [-0.4, -0.2) is 47.7 Å². The third-order valence-corrected chi connectivity index (χ3v) is 3.39. The van der Waals surface area contributed by atoms with E-state index in [2.05, 4.69) is 9.47 Å². The first-order valence-corrected chi connectivity index (χ1v) is 5.75. The van der Waals surface area contributed by atoms with E-state index in [1.54, 1.807) is 0 Å². The molecule has 2 fully saturated rings. The molecule has 1 N–H and O–H groups in total. The van der Waals surface area contributed by atoms with Crippen LogP contribution < -0.4 is 0 Å². The standard InChI is InChI=1S/C10H10F6O5/c1-3-4(2-5(17)18)19-7-6(3)20-8(21-7,9(11,12)13)10(14,15)16/h3-4,6-7H,2H2,1H3,(H,17,18). The molecular weight excluding hydrogens is 314 g/mol. The first-order chi connectivity index (χ1) is 9.39. The summed E-state index contributed by atoms with van der Waals surface area (Å²) in [6.45, 7) is 1.24. The number of hydrogen-bond acceptors (Lipinski definition) is 4. The van der Waals surface area contributed by atoms with Crippen LogP contribution in [0.3, 0.4) is 0 Å².